The van der Waals surface area contributed by atoms with Gasteiger partial charge in [-0.25, -0.2) is 4.98 Å². The Hall–Kier alpha value is -0.910. The summed E-state index contributed by atoms with van der Waals surface area (Å²) in [5, 5.41) is 13.3. The lowest BCUT2D eigenvalue weighted by molar-refractivity contribution is 0.0267. The van der Waals surface area contributed by atoms with Crippen molar-refractivity contribution in [3.63, 3.8) is 0 Å². The molecule has 2 N–H and O–H groups in total. The summed E-state index contributed by atoms with van der Waals surface area (Å²) < 4.78 is 7.34. The lowest BCUT2D eigenvalue weighted by Crippen LogP contribution is -2.41. The molecule has 17 heavy (non-hydrogen) atoms. The number of aryl methyl sites for hydroxylation is 1. The molecule has 96 valence electrons. The molecule has 1 aliphatic rings. The van der Waals surface area contributed by atoms with E-state index < -0.39 is 5.60 Å². The zero-order valence-electron chi connectivity index (χ0n) is 10.4. The van der Waals surface area contributed by atoms with Crippen molar-refractivity contribution in [1.29, 1.82) is 0 Å². The first kappa shape index (κ1) is 12.5. The fourth-order valence-corrected chi connectivity index (χ4v) is 2.09. The van der Waals surface area contributed by atoms with E-state index in [-0.39, 0.29) is 0 Å². The van der Waals surface area contributed by atoms with Gasteiger partial charge in [-0.05, 0) is 6.42 Å². The molecule has 1 fully saturated rings. The van der Waals surface area contributed by atoms with Crippen LogP contribution < -0.4 is 5.32 Å². The van der Waals surface area contributed by atoms with E-state index in [1.54, 1.807) is 0 Å². The molecule has 0 spiro atoms. The summed E-state index contributed by atoms with van der Waals surface area (Å²) in [5.74, 6) is 1.02. The van der Waals surface area contributed by atoms with Crippen molar-refractivity contribution in [3.8, 4) is 0 Å². The molecule has 0 amide bonds. The van der Waals surface area contributed by atoms with Gasteiger partial charge in [-0.3, -0.25) is 0 Å². The third-order valence-electron chi connectivity index (χ3n) is 3.09. The molecular weight excluding hydrogens is 218 g/mol. The number of hydrogen-bond donors (Lipinski definition) is 2. The molecule has 2 rings (SSSR count). The van der Waals surface area contributed by atoms with Crippen LogP contribution in [0.3, 0.4) is 0 Å². The van der Waals surface area contributed by atoms with E-state index in [9.17, 15) is 5.11 Å². The van der Waals surface area contributed by atoms with E-state index in [1.165, 1.54) is 0 Å². The molecule has 5 heteroatoms. The second kappa shape index (κ2) is 5.62. The van der Waals surface area contributed by atoms with Crippen LogP contribution in [0, 0.1) is 0 Å². The van der Waals surface area contributed by atoms with Crippen LogP contribution >= 0.6 is 0 Å². The number of rotatable bonds is 6. The molecule has 5 nitrogen and oxygen atoms in total. The number of aliphatic hydroxyl groups is 1. The minimum atomic E-state index is -0.692. The summed E-state index contributed by atoms with van der Waals surface area (Å²) in [5.41, 5.74) is -0.692. The molecule has 1 aromatic heterocycles. The van der Waals surface area contributed by atoms with Crippen LogP contribution in [0.4, 0.5) is 0 Å². The molecule has 2 heterocycles. The Morgan fingerprint density at radius 2 is 2.53 bits per heavy atom. The lowest BCUT2D eigenvalue weighted by Gasteiger charge is -2.20. The highest BCUT2D eigenvalue weighted by atomic mass is 16.5. The molecule has 0 bridgehead atoms. The summed E-state index contributed by atoms with van der Waals surface area (Å²) in [6.45, 7) is 5.48. The highest BCUT2D eigenvalue weighted by Gasteiger charge is 2.31. The molecule has 1 aliphatic heterocycles. The van der Waals surface area contributed by atoms with Crippen LogP contribution in [0.2, 0.25) is 0 Å². The van der Waals surface area contributed by atoms with Gasteiger partial charge in [-0.2, -0.15) is 0 Å². The Bertz CT molecular complexity index is 345. The van der Waals surface area contributed by atoms with Crippen molar-refractivity contribution in [3.05, 3.63) is 18.2 Å². The Morgan fingerprint density at radius 3 is 3.24 bits per heavy atom. The average Bonchev–Trinajstić information content (AvgIpc) is 2.90. The van der Waals surface area contributed by atoms with Gasteiger partial charge in [0.15, 0.2) is 0 Å². The Kier molecular flexibility index (Phi) is 4.15. The molecule has 1 aromatic rings. The highest BCUT2D eigenvalue weighted by Crippen LogP contribution is 2.16. The van der Waals surface area contributed by atoms with Crippen LogP contribution in [0.1, 0.15) is 25.6 Å². The number of hydrogen-bond acceptors (Lipinski definition) is 4. The molecular formula is C12H21N3O2. The number of nitrogens with one attached hydrogen (secondary N) is 1. The summed E-state index contributed by atoms with van der Waals surface area (Å²) in [6, 6.07) is 0. The molecule has 1 atom stereocenters. The number of aromatic nitrogens is 2. The molecule has 0 aliphatic carbocycles. The van der Waals surface area contributed by atoms with Crippen molar-refractivity contribution in [2.75, 3.05) is 19.8 Å². The zero-order valence-corrected chi connectivity index (χ0v) is 10.4. The Labute approximate surface area is 102 Å². The van der Waals surface area contributed by atoms with Crippen LogP contribution in [0.5, 0.6) is 0 Å². The van der Waals surface area contributed by atoms with Crippen LogP contribution in [0.15, 0.2) is 12.4 Å². The van der Waals surface area contributed by atoms with Gasteiger partial charge in [0.2, 0.25) is 0 Å². The summed E-state index contributed by atoms with van der Waals surface area (Å²) in [4.78, 5) is 4.31. The third-order valence-corrected chi connectivity index (χ3v) is 3.09. The van der Waals surface area contributed by atoms with E-state index in [2.05, 4.69) is 21.8 Å². The molecule has 1 unspecified atom stereocenters. The van der Waals surface area contributed by atoms with Crippen molar-refractivity contribution >= 4 is 0 Å². The van der Waals surface area contributed by atoms with Gasteiger partial charge in [0.1, 0.15) is 11.4 Å². The monoisotopic (exact) mass is 239 g/mol. The van der Waals surface area contributed by atoms with E-state index >= 15 is 0 Å². The number of nitrogens with zero attached hydrogens (tertiary/aromatic N) is 2. The molecule has 1 saturated heterocycles. The van der Waals surface area contributed by atoms with Gasteiger partial charge in [0.25, 0.3) is 0 Å². The largest absolute Gasteiger partial charge is 0.386 e. The topological polar surface area (TPSA) is 59.3 Å². The SMILES string of the molecule is CCCn1ccnc1CNCC1(O)CCOC1. The Balaban J connectivity index is 1.79. The maximum absolute atomic E-state index is 10.1. The Morgan fingerprint density at radius 1 is 1.65 bits per heavy atom. The molecule has 0 aromatic carbocycles. The fraction of sp³-hybridized carbons (Fsp3) is 0.750. The van der Waals surface area contributed by atoms with Gasteiger partial charge in [-0.15, -0.1) is 0 Å². The quantitative estimate of drug-likeness (QED) is 0.760. The molecule has 0 radical (unpaired) electrons. The predicted octanol–water partition coefficient (Wildman–Crippen LogP) is 0.534. The standard InChI is InChI=1S/C12H21N3O2/c1-2-5-15-6-4-14-11(15)8-13-9-12(16)3-7-17-10-12/h4,6,13,16H,2-3,5,7-10H2,1H3. The minimum Gasteiger partial charge on any atom is -0.386 e. The fourth-order valence-electron chi connectivity index (χ4n) is 2.09. The smallest absolute Gasteiger partial charge is 0.122 e. The number of imidazole rings is 1. The van der Waals surface area contributed by atoms with Crippen LogP contribution in [-0.4, -0.2) is 40.0 Å². The van der Waals surface area contributed by atoms with E-state index in [1.807, 2.05) is 12.4 Å². The number of ether oxygens (including phenoxy) is 1. The summed E-state index contributed by atoms with van der Waals surface area (Å²) in [7, 11) is 0. The average molecular weight is 239 g/mol. The van der Waals surface area contributed by atoms with Crippen molar-refractivity contribution in [1.82, 2.24) is 14.9 Å². The highest BCUT2D eigenvalue weighted by molar-refractivity contribution is 4.93. The zero-order chi connectivity index (χ0) is 12.1. The normalized spacial score (nSPS) is 24.4. The van der Waals surface area contributed by atoms with Crippen molar-refractivity contribution in [2.24, 2.45) is 0 Å². The van der Waals surface area contributed by atoms with E-state index in [4.69, 9.17) is 4.74 Å². The maximum atomic E-state index is 10.1. The summed E-state index contributed by atoms with van der Waals surface area (Å²) in [6.07, 6.45) is 5.62. The second-order valence-electron chi connectivity index (χ2n) is 4.67. The van der Waals surface area contributed by atoms with Crippen molar-refractivity contribution < 1.29 is 9.84 Å². The first-order chi connectivity index (χ1) is 8.23. The minimum absolute atomic E-state index is 0.434. The van der Waals surface area contributed by atoms with Gasteiger partial charge >= 0.3 is 0 Å². The van der Waals surface area contributed by atoms with E-state index in [0.717, 1.165) is 18.8 Å². The first-order valence-corrected chi connectivity index (χ1v) is 6.24. The maximum Gasteiger partial charge on any atom is 0.122 e. The molecule has 0 saturated carbocycles. The van der Waals surface area contributed by atoms with Gasteiger partial charge in [0.05, 0.1) is 13.2 Å². The van der Waals surface area contributed by atoms with Gasteiger partial charge < -0.3 is 19.7 Å². The van der Waals surface area contributed by atoms with E-state index in [0.29, 0.717) is 32.7 Å². The second-order valence-corrected chi connectivity index (χ2v) is 4.67. The lowest BCUT2D eigenvalue weighted by atomic mass is 10.0. The first-order valence-electron chi connectivity index (χ1n) is 6.24. The van der Waals surface area contributed by atoms with Gasteiger partial charge in [0, 0.05) is 38.5 Å². The van der Waals surface area contributed by atoms with Crippen LogP contribution in [-0.2, 0) is 17.8 Å². The third kappa shape index (κ3) is 3.28. The van der Waals surface area contributed by atoms with Gasteiger partial charge in [-0.1, -0.05) is 6.92 Å². The predicted molar refractivity (Wildman–Crippen MR) is 64.6 cm³/mol. The summed E-state index contributed by atoms with van der Waals surface area (Å²) >= 11 is 0. The van der Waals surface area contributed by atoms with Crippen molar-refractivity contribution in [2.45, 2.75) is 38.5 Å². The van der Waals surface area contributed by atoms with Crippen LogP contribution in [0.25, 0.3) is 0 Å².